The molecule has 0 spiro atoms. The van der Waals surface area contributed by atoms with E-state index < -0.39 is 0 Å². The number of nitrogens with zero attached hydrogens (tertiary/aromatic N) is 6. The molecule has 1 aliphatic rings. The number of fused-ring (bicyclic) bond motifs is 1. The lowest BCUT2D eigenvalue weighted by Gasteiger charge is -2.33. The Morgan fingerprint density at radius 1 is 1.05 bits per heavy atom. The number of hydrogen-bond acceptors (Lipinski definition) is 5. The van der Waals surface area contributed by atoms with E-state index in [-0.39, 0.29) is 0 Å². The summed E-state index contributed by atoms with van der Waals surface area (Å²) in [5.41, 5.74) is 3.57. The Kier molecular flexibility index (Phi) is 3.21. The van der Waals surface area contributed by atoms with E-state index in [0.29, 0.717) is 11.6 Å². The molecule has 1 aromatic carbocycles. The van der Waals surface area contributed by atoms with Crippen LogP contribution in [-0.2, 0) is 0 Å². The number of benzene rings is 1. The molecule has 0 N–H and O–H groups in total. The second-order valence-corrected chi connectivity index (χ2v) is 5.84. The first-order valence-corrected chi connectivity index (χ1v) is 7.67. The van der Waals surface area contributed by atoms with Crippen molar-refractivity contribution in [3.63, 3.8) is 0 Å². The van der Waals surface area contributed by atoms with Gasteiger partial charge in [-0.1, -0.05) is 24.3 Å². The predicted octanol–water partition coefficient (Wildman–Crippen LogP) is 2.21. The van der Waals surface area contributed by atoms with Crippen molar-refractivity contribution in [3.8, 4) is 0 Å². The summed E-state index contributed by atoms with van der Waals surface area (Å²) < 4.78 is 1.49. The van der Waals surface area contributed by atoms with Crippen molar-refractivity contribution in [2.45, 2.75) is 25.7 Å². The third kappa shape index (κ3) is 2.30. The van der Waals surface area contributed by atoms with Gasteiger partial charge in [-0.15, -0.1) is 14.8 Å². The molecule has 0 atom stereocenters. The molecule has 0 radical (unpaired) electrons. The van der Waals surface area contributed by atoms with Gasteiger partial charge >= 0.3 is 0 Å². The second-order valence-electron chi connectivity index (χ2n) is 5.84. The van der Waals surface area contributed by atoms with Crippen molar-refractivity contribution in [1.82, 2.24) is 25.3 Å². The number of tetrazole rings is 1. The van der Waals surface area contributed by atoms with Gasteiger partial charge in [0.25, 0.3) is 0 Å². The molecule has 112 valence electrons. The Balaban J connectivity index is 1.50. The van der Waals surface area contributed by atoms with E-state index in [1.54, 1.807) is 0 Å². The maximum Gasteiger partial charge on any atom is 0.200 e. The fourth-order valence-corrected chi connectivity index (χ4v) is 3.27. The summed E-state index contributed by atoms with van der Waals surface area (Å²) in [6.45, 7) is 4.23. The summed E-state index contributed by atoms with van der Waals surface area (Å²) in [5.74, 6) is 1.59. The Bertz CT molecular complexity index is 788. The molecule has 1 fully saturated rings. The van der Waals surface area contributed by atoms with Gasteiger partial charge in [-0.25, -0.2) is 0 Å². The zero-order chi connectivity index (χ0) is 14.9. The molecule has 0 amide bonds. The number of piperidine rings is 1. The molecule has 4 rings (SSSR count). The fourth-order valence-electron chi connectivity index (χ4n) is 3.27. The number of anilines is 1. The third-order valence-corrected chi connectivity index (χ3v) is 4.50. The standard InChI is InChI=1S/C16H18N6/c1-12-4-2-3-5-14(12)13-8-10-21(11-9-13)16-7-6-15-17-19-20-22(15)18-16/h2-7,13H,8-11H2,1H3. The SMILES string of the molecule is Cc1ccccc1C1CCN(c2ccc3nnnn3n2)CC1. The lowest BCUT2D eigenvalue weighted by atomic mass is 9.87. The molecule has 3 heterocycles. The minimum Gasteiger partial charge on any atom is -0.355 e. The van der Waals surface area contributed by atoms with Gasteiger partial charge in [-0.3, -0.25) is 0 Å². The number of aromatic nitrogens is 5. The number of hydrogen-bond donors (Lipinski definition) is 0. The zero-order valence-corrected chi connectivity index (χ0v) is 12.6. The monoisotopic (exact) mass is 294 g/mol. The summed E-state index contributed by atoms with van der Waals surface area (Å²) in [7, 11) is 0. The van der Waals surface area contributed by atoms with Gasteiger partial charge in [0.2, 0.25) is 0 Å². The lowest BCUT2D eigenvalue weighted by molar-refractivity contribution is 0.498. The molecule has 0 aliphatic carbocycles. The highest BCUT2D eigenvalue weighted by atomic mass is 15.6. The Labute approximate surface area is 128 Å². The largest absolute Gasteiger partial charge is 0.355 e. The summed E-state index contributed by atoms with van der Waals surface area (Å²) in [6.07, 6.45) is 2.31. The van der Waals surface area contributed by atoms with Crippen LogP contribution in [0.2, 0.25) is 0 Å². The maximum absolute atomic E-state index is 4.48. The van der Waals surface area contributed by atoms with Gasteiger partial charge in [-0.2, -0.15) is 0 Å². The van der Waals surface area contributed by atoms with Crippen LogP contribution in [0.1, 0.15) is 29.9 Å². The zero-order valence-electron chi connectivity index (χ0n) is 12.6. The lowest BCUT2D eigenvalue weighted by Crippen LogP contribution is -2.34. The molecule has 0 unspecified atom stereocenters. The minimum atomic E-state index is 0.647. The van der Waals surface area contributed by atoms with Gasteiger partial charge in [-0.05, 0) is 59.4 Å². The number of aryl methyl sites for hydroxylation is 1. The van der Waals surface area contributed by atoms with Crippen molar-refractivity contribution in [2.24, 2.45) is 0 Å². The van der Waals surface area contributed by atoms with E-state index >= 15 is 0 Å². The Morgan fingerprint density at radius 2 is 1.86 bits per heavy atom. The molecule has 22 heavy (non-hydrogen) atoms. The molecule has 2 aromatic heterocycles. The van der Waals surface area contributed by atoms with Crippen molar-refractivity contribution in [3.05, 3.63) is 47.5 Å². The van der Waals surface area contributed by atoms with Crippen molar-refractivity contribution in [2.75, 3.05) is 18.0 Å². The summed E-state index contributed by atoms with van der Waals surface area (Å²) in [6, 6.07) is 12.6. The average molecular weight is 294 g/mol. The second kappa shape index (κ2) is 5.36. The van der Waals surface area contributed by atoms with E-state index in [0.717, 1.165) is 31.7 Å². The molecule has 0 saturated carbocycles. The summed E-state index contributed by atoms with van der Waals surface area (Å²) in [5, 5.41) is 15.9. The quantitative estimate of drug-likeness (QED) is 0.725. The highest BCUT2D eigenvalue weighted by Gasteiger charge is 2.22. The van der Waals surface area contributed by atoms with Crippen LogP contribution >= 0.6 is 0 Å². The fraction of sp³-hybridized carbons (Fsp3) is 0.375. The topological polar surface area (TPSA) is 59.2 Å². The van der Waals surface area contributed by atoms with E-state index in [4.69, 9.17) is 0 Å². The van der Waals surface area contributed by atoms with Gasteiger partial charge in [0.15, 0.2) is 11.5 Å². The Morgan fingerprint density at radius 3 is 2.68 bits per heavy atom. The van der Waals surface area contributed by atoms with E-state index in [1.165, 1.54) is 15.8 Å². The van der Waals surface area contributed by atoms with Crippen LogP contribution in [-0.4, -0.2) is 38.3 Å². The smallest absolute Gasteiger partial charge is 0.200 e. The van der Waals surface area contributed by atoms with E-state index in [1.807, 2.05) is 12.1 Å². The van der Waals surface area contributed by atoms with Crippen LogP contribution in [0.4, 0.5) is 5.82 Å². The summed E-state index contributed by atoms with van der Waals surface area (Å²) >= 11 is 0. The van der Waals surface area contributed by atoms with Crippen LogP contribution in [0.3, 0.4) is 0 Å². The molecule has 1 saturated heterocycles. The van der Waals surface area contributed by atoms with Gasteiger partial charge in [0.05, 0.1) is 0 Å². The van der Waals surface area contributed by atoms with Crippen LogP contribution in [0.25, 0.3) is 5.65 Å². The third-order valence-electron chi connectivity index (χ3n) is 4.50. The van der Waals surface area contributed by atoms with Crippen molar-refractivity contribution in [1.29, 1.82) is 0 Å². The molecule has 6 heteroatoms. The average Bonchev–Trinajstić information content (AvgIpc) is 3.03. The van der Waals surface area contributed by atoms with Crippen LogP contribution < -0.4 is 4.90 Å². The minimum absolute atomic E-state index is 0.647. The molecular formula is C16H18N6. The molecule has 1 aliphatic heterocycles. The normalized spacial score (nSPS) is 16.3. The number of rotatable bonds is 2. The van der Waals surface area contributed by atoms with E-state index in [2.05, 4.69) is 56.7 Å². The van der Waals surface area contributed by atoms with E-state index in [9.17, 15) is 0 Å². The van der Waals surface area contributed by atoms with Crippen molar-refractivity contribution < 1.29 is 0 Å². The first-order chi connectivity index (χ1) is 10.8. The first kappa shape index (κ1) is 13.2. The highest BCUT2D eigenvalue weighted by Crippen LogP contribution is 2.31. The van der Waals surface area contributed by atoms with Crippen LogP contribution in [0.5, 0.6) is 0 Å². The molecular weight excluding hydrogens is 276 g/mol. The molecule has 6 nitrogen and oxygen atoms in total. The first-order valence-electron chi connectivity index (χ1n) is 7.67. The highest BCUT2D eigenvalue weighted by molar-refractivity contribution is 5.45. The Hall–Kier alpha value is -2.50. The predicted molar refractivity (Wildman–Crippen MR) is 83.9 cm³/mol. The molecule has 3 aromatic rings. The van der Waals surface area contributed by atoms with Crippen LogP contribution in [0.15, 0.2) is 36.4 Å². The van der Waals surface area contributed by atoms with Crippen molar-refractivity contribution >= 4 is 11.5 Å². The molecule has 0 bridgehead atoms. The maximum atomic E-state index is 4.48. The van der Waals surface area contributed by atoms with Crippen LogP contribution in [0, 0.1) is 6.92 Å². The van der Waals surface area contributed by atoms with Gasteiger partial charge < -0.3 is 4.90 Å². The van der Waals surface area contributed by atoms with Gasteiger partial charge in [0.1, 0.15) is 0 Å². The summed E-state index contributed by atoms with van der Waals surface area (Å²) in [4.78, 5) is 2.32. The van der Waals surface area contributed by atoms with Gasteiger partial charge in [0, 0.05) is 13.1 Å².